The molecule has 0 saturated heterocycles. The summed E-state index contributed by atoms with van der Waals surface area (Å²) < 4.78 is 10.2. The Labute approximate surface area is 136 Å². The van der Waals surface area contributed by atoms with Gasteiger partial charge in [-0.2, -0.15) is 0 Å². The highest BCUT2D eigenvalue weighted by molar-refractivity contribution is 6.03. The van der Waals surface area contributed by atoms with Crippen molar-refractivity contribution >= 4 is 17.4 Å². The van der Waals surface area contributed by atoms with Crippen molar-refractivity contribution < 1.29 is 14.3 Å². The molecule has 0 amide bonds. The average Bonchev–Trinajstić information content (AvgIpc) is 2.60. The van der Waals surface area contributed by atoms with Crippen molar-refractivity contribution in [2.24, 2.45) is 4.99 Å². The number of ether oxygens (including phenoxy) is 2. The van der Waals surface area contributed by atoms with Gasteiger partial charge in [-0.05, 0) is 36.8 Å². The molecule has 0 N–H and O–H groups in total. The molecule has 0 aliphatic rings. The number of carbonyl (C=O) groups is 1. The van der Waals surface area contributed by atoms with E-state index in [1.807, 2.05) is 54.6 Å². The van der Waals surface area contributed by atoms with E-state index < -0.39 is 0 Å². The summed E-state index contributed by atoms with van der Waals surface area (Å²) in [7, 11) is 1.63. The summed E-state index contributed by atoms with van der Waals surface area (Å²) in [5, 5.41) is 0. The quantitative estimate of drug-likeness (QED) is 0.570. The summed E-state index contributed by atoms with van der Waals surface area (Å²) in [6.07, 6.45) is 0.854. The highest BCUT2D eigenvalue weighted by Gasteiger charge is 2.08. The van der Waals surface area contributed by atoms with Crippen LogP contribution < -0.4 is 4.74 Å². The summed E-state index contributed by atoms with van der Waals surface area (Å²) >= 11 is 0. The van der Waals surface area contributed by atoms with Crippen molar-refractivity contribution in [3.63, 3.8) is 0 Å². The molecule has 0 radical (unpaired) electrons. The number of carbonyl (C=O) groups excluding carboxylic acids is 1. The summed E-state index contributed by atoms with van der Waals surface area (Å²) in [5.74, 6) is 0.586. The predicted octanol–water partition coefficient (Wildman–Crippen LogP) is 4.16. The second kappa shape index (κ2) is 8.73. The number of methoxy groups -OCH3 is 1. The molecule has 0 bridgehead atoms. The minimum atomic E-state index is -0.203. The Hall–Kier alpha value is -2.62. The summed E-state index contributed by atoms with van der Waals surface area (Å²) in [5.41, 5.74) is 2.70. The zero-order chi connectivity index (χ0) is 16.5. The molecule has 4 nitrogen and oxygen atoms in total. The Balaban J connectivity index is 2.21. The van der Waals surface area contributed by atoms with Gasteiger partial charge in [-0.25, -0.2) is 0 Å². The zero-order valence-electron chi connectivity index (χ0n) is 13.5. The van der Waals surface area contributed by atoms with Gasteiger partial charge in [-0.3, -0.25) is 9.79 Å². The monoisotopic (exact) mass is 311 g/mol. The van der Waals surface area contributed by atoms with E-state index in [4.69, 9.17) is 9.47 Å². The van der Waals surface area contributed by atoms with Crippen LogP contribution in [0, 0.1) is 0 Å². The van der Waals surface area contributed by atoms with Gasteiger partial charge in [0, 0.05) is 12.1 Å². The van der Waals surface area contributed by atoms with Gasteiger partial charge in [-0.1, -0.05) is 30.3 Å². The van der Waals surface area contributed by atoms with Crippen molar-refractivity contribution in [1.29, 1.82) is 0 Å². The van der Waals surface area contributed by atoms with Crippen LogP contribution in [0.4, 0.5) is 5.69 Å². The minimum Gasteiger partial charge on any atom is -0.497 e. The highest BCUT2D eigenvalue weighted by atomic mass is 16.5. The fraction of sp³-hybridized carbons (Fsp3) is 0.263. The molecule has 0 saturated carbocycles. The zero-order valence-corrected chi connectivity index (χ0v) is 13.5. The first kappa shape index (κ1) is 16.7. The van der Waals surface area contributed by atoms with Crippen molar-refractivity contribution in [2.45, 2.75) is 19.8 Å². The van der Waals surface area contributed by atoms with E-state index >= 15 is 0 Å². The van der Waals surface area contributed by atoms with Crippen LogP contribution in [0.1, 0.15) is 25.3 Å². The van der Waals surface area contributed by atoms with Crippen LogP contribution in [0.3, 0.4) is 0 Å². The first-order valence-electron chi connectivity index (χ1n) is 7.65. The van der Waals surface area contributed by atoms with Gasteiger partial charge in [0.15, 0.2) is 0 Å². The number of aliphatic imine (C=N–C) groups is 1. The maximum Gasteiger partial charge on any atom is 0.306 e. The van der Waals surface area contributed by atoms with Gasteiger partial charge >= 0.3 is 5.97 Å². The molecule has 0 aliphatic carbocycles. The number of benzene rings is 2. The number of nitrogens with zero attached hydrogens (tertiary/aromatic N) is 1. The molecule has 4 heteroatoms. The molecule has 23 heavy (non-hydrogen) atoms. The SMILES string of the molecule is CCOC(=O)CCC(=Nc1ccc(OC)cc1)c1ccccc1. The Morgan fingerprint density at radius 3 is 2.30 bits per heavy atom. The maximum absolute atomic E-state index is 11.6. The van der Waals surface area contributed by atoms with Crippen molar-refractivity contribution in [1.82, 2.24) is 0 Å². The van der Waals surface area contributed by atoms with Crippen molar-refractivity contribution in [3.8, 4) is 5.75 Å². The summed E-state index contributed by atoms with van der Waals surface area (Å²) in [6.45, 7) is 2.20. The van der Waals surface area contributed by atoms with Crippen LogP contribution >= 0.6 is 0 Å². The number of hydrogen-bond donors (Lipinski definition) is 0. The lowest BCUT2D eigenvalue weighted by Crippen LogP contribution is -2.08. The van der Waals surface area contributed by atoms with Crippen LogP contribution in [-0.2, 0) is 9.53 Å². The van der Waals surface area contributed by atoms with Crippen LogP contribution in [0.25, 0.3) is 0 Å². The van der Waals surface area contributed by atoms with Gasteiger partial charge in [0.25, 0.3) is 0 Å². The standard InChI is InChI=1S/C19H21NO3/c1-3-23-19(21)14-13-18(15-7-5-4-6-8-15)20-16-9-11-17(22-2)12-10-16/h4-12H,3,13-14H2,1-2H3. The van der Waals surface area contributed by atoms with Gasteiger partial charge in [0.2, 0.25) is 0 Å². The fourth-order valence-corrected chi connectivity index (χ4v) is 2.16. The maximum atomic E-state index is 11.6. The Kier molecular flexibility index (Phi) is 6.36. The van der Waals surface area contributed by atoms with Gasteiger partial charge in [0.1, 0.15) is 5.75 Å². The fourth-order valence-electron chi connectivity index (χ4n) is 2.16. The van der Waals surface area contributed by atoms with Crippen molar-refractivity contribution in [3.05, 3.63) is 60.2 Å². The molecule has 2 rings (SSSR count). The van der Waals surface area contributed by atoms with Gasteiger partial charge in [0.05, 0.1) is 25.8 Å². The molecule has 120 valence electrons. The van der Waals surface area contributed by atoms with E-state index in [1.165, 1.54) is 0 Å². The third kappa shape index (κ3) is 5.25. The highest BCUT2D eigenvalue weighted by Crippen LogP contribution is 2.20. The second-order valence-electron chi connectivity index (χ2n) is 4.93. The molecule has 0 fully saturated rings. The third-order valence-electron chi connectivity index (χ3n) is 3.31. The van der Waals surface area contributed by atoms with E-state index in [9.17, 15) is 4.79 Å². The number of hydrogen-bond acceptors (Lipinski definition) is 4. The lowest BCUT2D eigenvalue weighted by atomic mass is 10.1. The molecule has 0 spiro atoms. The summed E-state index contributed by atoms with van der Waals surface area (Å²) in [4.78, 5) is 16.3. The van der Waals surface area contributed by atoms with Gasteiger partial charge in [-0.15, -0.1) is 0 Å². The Morgan fingerprint density at radius 1 is 1.00 bits per heavy atom. The van der Waals surface area contributed by atoms with Crippen LogP contribution in [-0.4, -0.2) is 25.4 Å². The van der Waals surface area contributed by atoms with Crippen LogP contribution in [0.5, 0.6) is 5.75 Å². The lowest BCUT2D eigenvalue weighted by Gasteiger charge is -2.08. The van der Waals surface area contributed by atoms with E-state index in [0.29, 0.717) is 19.4 Å². The molecular weight excluding hydrogens is 290 g/mol. The predicted molar refractivity (Wildman–Crippen MR) is 91.5 cm³/mol. The smallest absolute Gasteiger partial charge is 0.306 e. The molecule has 0 aromatic heterocycles. The first-order chi connectivity index (χ1) is 11.2. The molecule has 2 aromatic carbocycles. The van der Waals surface area contributed by atoms with E-state index in [1.54, 1.807) is 14.0 Å². The number of esters is 1. The third-order valence-corrected chi connectivity index (χ3v) is 3.31. The van der Waals surface area contributed by atoms with Gasteiger partial charge < -0.3 is 9.47 Å². The Bertz CT molecular complexity index is 648. The minimum absolute atomic E-state index is 0.203. The van der Waals surface area contributed by atoms with Crippen LogP contribution in [0.2, 0.25) is 0 Å². The topological polar surface area (TPSA) is 47.9 Å². The number of rotatable bonds is 7. The lowest BCUT2D eigenvalue weighted by molar-refractivity contribution is -0.142. The summed E-state index contributed by atoms with van der Waals surface area (Å²) in [6, 6.07) is 17.4. The van der Waals surface area contributed by atoms with E-state index in [-0.39, 0.29) is 5.97 Å². The first-order valence-corrected chi connectivity index (χ1v) is 7.65. The molecule has 0 atom stereocenters. The molecule has 2 aromatic rings. The van der Waals surface area contributed by atoms with E-state index in [0.717, 1.165) is 22.7 Å². The normalized spacial score (nSPS) is 11.1. The van der Waals surface area contributed by atoms with Crippen LogP contribution in [0.15, 0.2) is 59.6 Å². The molecule has 0 heterocycles. The second-order valence-corrected chi connectivity index (χ2v) is 4.93. The van der Waals surface area contributed by atoms with E-state index in [2.05, 4.69) is 4.99 Å². The largest absolute Gasteiger partial charge is 0.497 e. The Morgan fingerprint density at radius 2 is 1.70 bits per heavy atom. The molecule has 0 unspecified atom stereocenters. The average molecular weight is 311 g/mol. The molecule has 0 aliphatic heterocycles. The van der Waals surface area contributed by atoms with Crippen molar-refractivity contribution in [2.75, 3.05) is 13.7 Å². The molecular formula is C19H21NO3.